The van der Waals surface area contributed by atoms with Crippen molar-refractivity contribution >= 4 is 10.9 Å². The van der Waals surface area contributed by atoms with E-state index in [0.29, 0.717) is 12.4 Å². The van der Waals surface area contributed by atoms with Crippen LogP contribution in [-0.4, -0.2) is 53.9 Å². The van der Waals surface area contributed by atoms with Gasteiger partial charge in [0.25, 0.3) is 0 Å². The fraction of sp³-hybridized carbons (Fsp3) is 0.286. The van der Waals surface area contributed by atoms with E-state index < -0.39 is 0 Å². The summed E-state index contributed by atoms with van der Waals surface area (Å²) in [5.41, 5.74) is 5.89. The molecule has 1 aliphatic rings. The van der Waals surface area contributed by atoms with Gasteiger partial charge in [-0.15, -0.1) is 0 Å². The first-order chi connectivity index (χ1) is 16.2. The van der Waals surface area contributed by atoms with Gasteiger partial charge in [-0.1, -0.05) is 42.5 Å². The Morgan fingerprint density at radius 2 is 1.70 bits per heavy atom. The van der Waals surface area contributed by atoms with Gasteiger partial charge in [-0.05, 0) is 53.9 Å². The quantitative estimate of drug-likeness (QED) is 0.438. The lowest BCUT2D eigenvalue weighted by molar-refractivity contribution is 0.191. The van der Waals surface area contributed by atoms with Gasteiger partial charge in [0.1, 0.15) is 18.1 Å². The molecule has 0 bridgehead atoms. The fourth-order valence-corrected chi connectivity index (χ4v) is 4.74. The Morgan fingerprint density at radius 3 is 2.45 bits per heavy atom. The molecule has 4 aromatic rings. The summed E-state index contributed by atoms with van der Waals surface area (Å²) in [7, 11) is 0. The van der Waals surface area contributed by atoms with Crippen LogP contribution in [0.3, 0.4) is 0 Å². The summed E-state index contributed by atoms with van der Waals surface area (Å²) in [5.74, 6) is 1.21. The Hall–Kier alpha value is -3.28. The monoisotopic (exact) mass is 441 g/mol. The van der Waals surface area contributed by atoms with Gasteiger partial charge in [0.05, 0.1) is 5.69 Å². The molecule has 2 heterocycles. The molecular formula is C28H31N3O2. The second-order valence-electron chi connectivity index (χ2n) is 8.71. The van der Waals surface area contributed by atoms with Gasteiger partial charge in [0, 0.05) is 50.2 Å². The van der Waals surface area contributed by atoms with Crippen LogP contribution in [0.4, 0.5) is 0 Å². The Balaban J connectivity index is 1.36. The van der Waals surface area contributed by atoms with E-state index >= 15 is 0 Å². The van der Waals surface area contributed by atoms with Crippen LogP contribution in [0.5, 0.6) is 11.5 Å². The van der Waals surface area contributed by atoms with Gasteiger partial charge in [-0.25, -0.2) is 0 Å². The van der Waals surface area contributed by atoms with Crippen LogP contribution in [0.25, 0.3) is 22.2 Å². The molecule has 5 rings (SSSR count). The number of aromatic hydroxyl groups is 1. The number of aryl methyl sites for hydroxylation is 1. The molecule has 1 saturated heterocycles. The van der Waals surface area contributed by atoms with Crippen molar-refractivity contribution in [2.45, 2.75) is 13.5 Å². The topological polar surface area (TPSA) is 49.7 Å². The Bertz CT molecular complexity index is 1210. The van der Waals surface area contributed by atoms with Crippen molar-refractivity contribution in [3.05, 3.63) is 83.9 Å². The zero-order valence-electron chi connectivity index (χ0n) is 19.1. The van der Waals surface area contributed by atoms with Crippen LogP contribution in [-0.2, 0) is 6.54 Å². The first kappa shape index (κ1) is 21.6. The molecule has 0 saturated carbocycles. The zero-order valence-corrected chi connectivity index (χ0v) is 19.1. The van der Waals surface area contributed by atoms with Crippen molar-refractivity contribution in [3.63, 3.8) is 0 Å². The summed E-state index contributed by atoms with van der Waals surface area (Å²) >= 11 is 0. The van der Waals surface area contributed by atoms with E-state index in [-0.39, 0.29) is 0 Å². The maximum absolute atomic E-state index is 10.1. The zero-order chi connectivity index (χ0) is 22.6. The second-order valence-corrected chi connectivity index (χ2v) is 8.71. The molecule has 1 fully saturated rings. The number of hydrogen-bond donors (Lipinski definition) is 2. The number of phenols is 1. The molecule has 0 atom stereocenters. The van der Waals surface area contributed by atoms with Gasteiger partial charge in [-0.3, -0.25) is 4.90 Å². The summed E-state index contributed by atoms with van der Waals surface area (Å²) in [6.45, 7) is 8.87. The summed E-state index contributed by atoms with van der Waals surface area (Å²) in [6, 6.07) is 24.6. The van der Waals surface area contributed by atoms with Crippen LogP contribution < -0.4 is 10.1 Å². The van der Waals surface area contributed by atoms with Gasteiger partial charge >= 0.3 is 0 Å². The van der Waals surface area contributed by atoms with Crippen molar-refractivity contribution in [2.75, 3.05) is 39.3 Å². The number of ether oxygens (including phenoxy) is 1. The Labute approximate surface area is 195 Å². The molecule has 170 valence electrons. The van der Waals surface area contributed by atoms with E-state index in [1.54, 1.807) is 6.07 Å². The average molecular weight is 442 g/mol. The molecule has 1 aliphatic heterocycles. The average Bonchev–Trinajstić information content (AvgIpc) is 3.12. The van der Waals surface area contributed by atoms with E-state index in [2.05, 4.69) is 70.2 Å². The standard InChI is InChI=1S/C28H31N3O2/c1-21-26-19-24(32)9-12-27(26)31(28(21)23-5-3-2-4-6-23)20-22-7-10-25(11-8-22)33-18-17-30-15-13-29-14-16-30/h2-12,19,29,32H,13-18,20H2,1H3. The van der Waals surface area contributed by atoms with E-state index in [9.17, 15) is 5.11 Å². The smallest absolute Gasteiger partial charge is 0.119 e. The number of rotatable bonds is 7. The van der Waals surface area contributed by atoms with E-state index in [1.165, 1.54) is 22.4 Å². The number of aromatic nitrogens is 1. The lowest BCUT2D eigenvalue weighted by atomic mass is 10.1. The minimum atomic E-state index is 0.296. The molecule has 2 N–H and O–H groups in total. The Kier molecular flexibility index (Phi) is 6.33. The number of hydrogen-bond acceptors (Lipinski definition) is 4. The molecule has 3 aromatic carbocycles. The second kappa shape index (κ2) is 9.69. The molecule has 0 spiro atoms. The highest BCUT2D eigenvalue weighted by Crippen LogP contribution is 2.35. The van der Waals surface area contributed by atoms with Gasteiger partial charge in [0.15, 0.2) is 0 Å². The van der Waals surface area contributed by atoms with Crippen molar-refractivity contribution in [2.24, 2.45) is 0 Å². The maximum Gasteiger partial charge on any atom is 0.119 e. The first-order valence-electron chi connectivity index (χ1n) is 11.7. The highest BCUT2D eigenvalue weighted by atomic mass is 16.5. The molecule has 0 unspecified atom stereocenters. The lowest BCUT2D eigenvalue weighted by Gasteiger charge is -2.26. The number of piperazine rings is 1. The van der Waals surface area contributed by atoms with Gasteiger partial charge in [0.2, 0.25) is 0 Å². The number of nitrogens with one attached hydrogen (secondary N) is 1. The third-order valence-corrected chi connectivity index (χ3v) is 6.50. The first-order valence-corrected chi connectivity index (χ1v) is 11.7. The number of fused-ring (bicyclic) bond motifs is 1. The van der Waals surface area contributed by atoms with E-state index in [0.717, 1.165) is 55.9 Å². The van der Waals surface area contributed by atoms with Crippen LogP contribution >= 0.6 is 0 Å². The highest BCUT2D eigenvalue weighted by molar-refractivity contribution is 5.92. The maximum atomic E-state index is 10.1. The molecular weight excluding hydrogens is 410 g/mol. The van der Waals surface area contributed by atoms with Gasteiger partial charge < -0.3 is 19.7 Å². The molecule has 33 heavy (non-hydrogen) atoms. The SMILES string of the molecule is Cc1c(-c2ccccc2)n(Cc2ccc(OCCN3CCNCC3)cc2)c2ccc(O)cc12. The summed E-state index contributed by atoms with van der Waals surface area (Å²) < 4.78 is 8.34. The van der Waals surface area contributed by atoms with E-state index in [1.807, 2.05) is 18.2 Å². The van der Waals surface area contributed by atoms with Crippen LogP contribution in [0.2, 0.25) is 0 Å². The number of phenolic OH excluding ortho intramolecular Hbond substituents is 1. The summed E-state index contributed by atoms with van der Waals surface area (Å²) in [4.78, 5) is 2.44. The lowest BCUT2D eigenvalue weighted by Crippen LogP contribution is -2.44. The predicted octanol–water partition coefficient (Wildman–Crippen LogP) is 4.65. The number of nitrogens with zero attached hydrogens (tertiary/aromatic N) is 2. The summed E-state index contributed by atoms with van der Waals surface area (Å²) in [6.07, 6.45) is 0. The molecule has 5 nitrogen and oxygen atoms in total. The number of benzene rings is 3. The van der Waals surface area contributed by atoms with Crippen LogP contribution in [0.1, 0.15) is 11.1 Å². The minimum Gasteiger partial charge on any atom is -0.508 e. The fourth-order valence-electron chi connectivity index (χ4n) is 4.74. The largest absolute Gasteiger partial charge is 0.508 e. The van der Waals surface area contributed by atoms with Crippen molar-refractivity contribution < 1.29 is 9.84 Å². The third-order valence-electron chi connectivity index (χ3n) is 6.50. The predicted molar refractivity (Wildman–Crippen MR) is 134 cm³/mol. The highest BCUT2D eigenvalue weighted by Gasteiger charge is 2.16. The third kappa shape index (κ3) is 4.75. The van der Waals surface area contributed by atoms with E-state index in [4.69, 9.17) is 4.74 Å². The van der Waals surface area contributed by atoms with Crippen molar-refractivity contribution in [1.82, 2.24) is 14.8 Å². The van der Waals surface area contributed by atoms with Crippen LogP contribution in [0.15, 0.2) is 72.8 Å². The van der Waals surface area contributed by atoms with Crippen molar-refractivity contribution in [1.29, 1.82) is 0 Å². The van der Waals surface area contributed by atoms with Crippen LogP contribution in [0, 0.1) is 6.92 Å². The van der Waals surface area contributed by atoms with Gasteiger partial charge in [-0.2, -0.15) is 0 Å². The molecule has 0 aliphatic carbocycles. The summed E-state index contributed by atoms with van der Waals surface area (Å²) in [5, 5.41) is 14.5. The minimum absolute atomic E-state index is 0.296. The molecule has 5 heteroatoms. The molecule has 0 amide bonds. The molecule has 0 radical (unpaired) electrons. The molecule has 1 aromatic heterocycles. The van der Waals surface area contributed by atoms with Crippen molar-refractivity contribution in [3.8, 4) is 22.8 Å². The normalized spacial score (nSPS) is 14.6. The Morgan fingerprint density at radius 1 is 0.939 bits per heavy atom.